The van der Waals surface area contributed by atoms with Crippen LogP contribution in [0, 0.1) is 0 Å². The summed E-state index contributed by atoms with van der Waals surface area (Å²) >= 11 is 1.65. The number of primary sulfonamides is 1. The maximum Gasteiger partial charge on any atom is 0.213 e. The molecule has 0 amide bonds. The number of thioether (sulfide) groups is 1. The van der Waals surface area contributed by atoms with Gasteiger partial charge in [0, 0.05) is 21.6 Å². The van der Waals surface area contributed by atoms with E-state index in [0.717, 1.165) is 38.6 Å². The van der Waals surface area contributed by atoms with Crippen LogP contribution in [0.25, 0.3) is 11.1 Å². The average Bonchev–Trinajstić information content (AvgIpc) is 2.71. The van der Waals surface area contributed by atoms with E-state index in [1.165, 1.54) is 0 Å². The summed E-state index contributed by atoms with van der Waals surface area (Å²) in [5.41, 5.74) is 4.53. The summed E-state index contributed by atoms with van der Waals surface area (Å²) in [6.45, 7) is 0. The van der Waals surface area contributed by atoms with E-state index < -0.39 is 10.0 Å². The van der Waals surface area contributed by atoms with Gasteiger partial charge >= 0.3 is 0 Å². The number of hydrogen-bond acceptors (Lipinski definition) is 5. The third-order valence-electron chi connectivity index (χ3n) is 4.88. The summed E-state index contributed by atoms with van der Waals surface area (Å²) in [4.78, 5) is 1.10. The summed E-state index contributed by atoms with van der Waals surface area (Å²) in [5, 5.41) is 5.27. The van der Waals surface area contributed by atoms with Crippen LogP contribution in [0.2, 0.25) is 0 Å². The minimum absolute atomic E-state index is 0.220. The first-order valence-electron chi connectivity index (χ1n) is 9.01. The van der Waals surface area contributed by atoms with Crippen molar-refractivity contribution < 1.29 is 17.9 Å². The Labute approximate surface area is 174 Å². The molecule has 1 aliphatic heterocycles. The molecule has 4 rings (SSSR count). The van der Waals surface area contributed by atoms with Gasteiger partial charge in [0.2, 0.25) is 10.0 Å². The van der Waals surface area contributed by atoms with E-state index in [1.807, 2.05) is 60.9 Å². The molecule has 7 heteroatoms. The molecule has 3 aromatic carbocycles. The minimum Gasteiger partial charge on any atom is -0.497 e. The van der Waals surface area contributed by atoms with Crippen molar-refractivity contribution in [1.82, 2.24) is 0 Å². The molecule has 1 aliphatic rings. The maximum atomic E-state index is 11.6. The molecular formula is C22H21NO4S2. The van der Waals surface area contributed by atoms with Gasteiger partial charge in [0.25, 0.3) is 0 Å². The highest BCUT2D eigenvalue weighted by Crippen LogP contribution is 2.48. The minimum atomic E-state index is -3.63. The molecule has 0 fully saturated rings. The first-order chi connectivity index (χ1) is 13.9. The third-order valence-corrected chi connectivity index (χ3v) is 6.40. The van der Waals surface area contributed by atoms with E-state index in [4.69, 9.17) is 14.6 Å². The smallest absolute Gasteiger partial charge is 0.213 e. The van der Waals surface area contributed by atoms with Gasteiger partial charge in [-0.05, 0) is 41.6 Å². The summed E-state index contributed by atoms with van der Waals surface area (Å²) in [7, 11) is -2.01. The summed E-state index contributed by atoms with van der Waals surface area (Å²) in [6, 6.07) is 19.4. The van der Waals surface area contributed by atoms with Crippen molar-refractivity contribution in [3.8, 4) is 22.6 Å². The summed E-state index contributed by atoms with van der Waals surface area (Å²) < 4.78 is 35.1. The van der Waals surface area contributed by atoms with Crippen molar-refractivity contribution in [2.24, 2.45) is 5.14 Å². The quantitative estimate of drug-likeness (QED) is 0.612. The molecule has 2 N–H and O–H groups in total. The van der Waals surface area contributed by atoms with E-state index >= 15 is 0 Å². The van der Waals surface area contributed by atoms with E-state index in [2.05, 4.69) is 6.07 Å². The fourth-order valence-corrected chi connectivity index (χ4v) is 4.94. The Morgan fingerprint density at radius 1 is 1.10 bits per heavy atom. The lowest BCUT2D eigenvalue weighted by Crippen LogP contribution is -2.18. The fraction of sp³-hybridized carbons (Fsp3) is 0.182. The highest BCUT2D eigenvalue weighted by molar-refractivity contribution is 7.98. The molecule has 3 aromatic rings. The van der Waals surface area contributed by atoms with Crippen LogP contribution >= 0.6 is 11.8 Å². The molecule has 5 nitrogen and oxygen atoms in total. The lowest BCUT2D eigenvalue weighted by atomic mass is 9.88. The maximum absolute atomic E-state index is 11.6. The SMILES string of the molecule is COc1cccc(C2Oc3cccc(SC)c3-c3ccc(CS(N)(=O)=O)cc32)c1. The number of fused-ring (bicyclic) bond motifs is 3. The second-order valence-corrected chi connectivity index (χ2v) is 9.30. The number of ether oxygens (including phenoxy) is 2. The highest BCUT2D eigenvalue weighted by Gasteiger charge is 2.29. The van der Waals surface area contributed by atoms with Crippen LogP contribution in [0.4, 0.5) is 0 Å². The van der Waals surface area contributed by atoms with Crippen LogP contribution in [0.15, 0.2) is 65.6 Å². The first kappa shape index (κ1) is 19.8. The lowest BCUT2D eigenvalue weighted by molar-refractivity contribution is 0.242. The van der Waals surface area contributed by atoms with Gasteiger partial charge < -0.3 is 9.47 Å². The molecule has 0 aliphatic carbocycles. The van der Waals surface area contributed by atoms with Crippen LogP contribution in [0.1, 0.15) is 22.8 Å². The first-order valence-corrected chi connectivity index (χ1v) is 11.9. The molecule has 0 spiro atoms. The van der Waals surface area contributed by atoms with Crippen molar-refractivity contribution in [3.63, 3.8) is 0 Å². The molecule has 29 heavy (non-hydrogen) atoms. The van der Waals surface area contributed by atoms with E-state index in [0.29, 0.717) is 5.56 Å². The Balaban J connectivity index is 1.92. The topological polar surface area (TPSA) is 78.6 Å². The van der Waals surface area contributed by atoms with Crippen molar-refractivity contribution >= 4 is 21.8 Å². The standard InChI is InChI=1S/C22H21NO4S2/c1-26-16-6-3-5-15(12-16)22-18-11-14(13-29(23,24)25)9-10-17(18)21-19(27-22)7-4-8-20(21)28-2/h3-12,22H,13H2,1-2H3,(H2,23,24,25). The molecule has 1 atom stereocenters. The van der Waals surface area contributed by atoms with Gasteiger partial charge in [-0.3, -0.25) is 0 Å². The van der Waals surface area contributed by atoms with Gasteiger partial charge in [-0.25, -0.2) is 13.6 Å². The average molecular weight is 428 g/mol. The molecule has 0 bridgehead atoms. The number of benzene rings is 3. The van der Waals surface area contributed by atoms with Gasteiger partial charge in [-0.1, -0.05) is 36.4 Å². The van der Waals surface area contributed by atoms with Crippen molar-refractivity contribution in [2.75, 3.05) is 13.4 Å². The molecule has 0 aromatic heterocycles. The van der Waals surface area contributed by atoms with Crippen LogP contribution < -0.4 is 14.6 Å². The predicted molar refractivity (Wildman–Crippen MR) is 116 cm³/mol. The zero-order chi connectivity index (χ0) is 20.6. The molecule has 0 saturated carbocycles. The van der Waals surface area contributed by atoms with Gasteiger partial charge in [0.05, 0.1) is 12.9 Å². The lowest BCUT2D eigenvalue weighted by Gasteiger charge is -2.31. The Morgan fingerprint density at radius 3 is 2.62 bits per heavy atom. The Kier molecular flexibility index (Phi) is 5.29. The molecule has 0 saturated heterocycles. The zero-order valence-electron chi connectivity index (χ0n) is 16.1. The second-order valence-electron chi connectivity index (χ2n) is 6.84. The molecular weight excluding hydrogens is 406 g/mol. The largest absolute Gasteiger partial charge is 0.497 e. The third kappa shape index (κ3) is 3.99. The van der Waals surface area contributed by atoms with Crippen molar-refractivity contribution in [1.29, 1.82) is 0 Å². The monoisotopic (exact) mass is 427 g/mol. The normalized spacial score (nSPS) is 15.2. The number of methoxy groups -OCH3 is 1. The fourth-order valence-electron chi connectivity index (χ4n) is 3.67. The predicted octanol–water partition coefficient (Wildman–Crippen LogP) is 4.35. The Morgan fingerprint density at radius 2 is 1.90 bits per heavy atom. The van der Waals surface area contributed by atoms with Crippen molar-refractivity contribution in [3.05, 3.63) is 77.4 Å². The number of sulfonamides is 1. The summed E-state index contributed by atoms with van der Waals surface area (Å²) in [5.74, 6) is 1.32. The Hall–Kier alpha value is -2.48. The molecule has 0 radical (unpaired) electrons. The summed E-state index contributed by atoms with van der Waals surface area (Å²) in [6.07, 6.45) is 1.64. The molecule has 1 unspecified atom stereocenters. The zero-order valence-corrected chi connectivity index (χ0v) is 17.7. The van der Waals surface area contributed by atoms with Gasteiger partial charge in [0.1, 0.15) is 17.6 Å². The molecule has 150 valence electrons. The molecule has 1 heterocycles. The van der Waals surface area contributed by atoms with Gasteiger partial charge in [-0.15, -0.1) is 11.8 Å². The van der Waals surface area contributed by atoms with E-state index in [9.17, 15) is 8.42 Å². The van der Waals surface area contributed by atoms with Crippen LogP contribution in [-0.2, 0) is 15.8 Å². The van der Waals surface area contributed by atoms with Gasteiger partial charge in [-0.2, -0.15) is 0 Å². The Bertz CT molecular complexity index is 1180. The van der Waals surface area contributed by atoms with Gasteiger partial charge in [0.15, 0.2) is 0 Å². The van der Waals surface area contributed by atoms with E-state index in [-0.39, 0.29) is 11.9 Å². The van der Waals surface area contributed by atoms with Crippen LogP contribution in [0.5, 0.6) is 11.5 Å². The van der Waals surface area contributed by atoms with Crippen LogP contribution in [-0.4, -0.2) is 21.8 Å². The number of hydrogen-bond donors (Lipinski definition) is 1. The highest BCUT2D eigenvalue weighted by atomic mass is 32.2. The number of nitrogens with two attached hydrogens (primary N) is 1. The van der Waals surface area contributed by atoms with E-state index in [1.54, 1.807) is 18.9 Å². The number of rotatable bonds is 5. The van der Waals surface area contributed by atoms with Crippen LogP contribution in [0.3, 0.4) is 0 Å². The van der Waals surface area contributed by atoms with Crippen molar-refractivity contribution in [2.45, 2.75) is 16.8 Å². The second kappa shape index (κ2) is 7.74.